The van der Waals surface area contributed by atoms with E-state index in [0.717, 1.165) is 5.69 Å². The highest BCUT2D eigenvalue weighted by Crippen LogP contribution is 2.38. The van der Waals surface area contributed by atoms with Gasteiger partial charge in [-0.3, -0.25) is 14.2 Å². The number of para-hydroxylation sites is 1. The number of nitrogens with one attached hydrogen (secondary N) is 2. The average Bonchev–Trinajstić information content (AvgIpc) is 3.45. The van der Waals surface area contributed by atoms with E-state index in [-0.39, 0.29) is 30.7 Å². The molecule has 0 aliphatic heterocycles. The monoisotopic (exact) mass is 605 g/mol. The predicted octanol–water partition coefficient (Wildman–Crippen LogP) is 4.13. The first-order valence-electron chi connectivity index (χ1n) is 13.2. The molecule has 4 aromatic rings. The largest absolute Gasteiger partial charge is 0.493 e. The summed E-state index contributed by atoms with van der Waals surface area (Å²) >= 11 is 1.19. The number of nitrogens with zero attached hydrogens (tertiary/aromatic N) is 3. The van der Waals surface area contributed by atoms with Crippen molar-refractivity contribution in [3.8, 4) is 22.9 Å². The fourth-order valence-corrected chi connectivity index (χ4v) is 4.82. The highest BCUT2D eigenvalue weighted by molar-refractivity contribution is 7.99. The fourth-order valence-electron chi connectivity index (χ4n) is 4.05. The summed E-state index contributed by atoms with van der Waals surface area (Å²) in [7, 11) is 4.44. The molecular weight excluding hydrogens is 574 g/mol. The van der Waals surface area contributed by atoms with Crippen molar-refractivity contribution in [2.45, 2.75) is 18.6 Å². The van der Waals surface area contributed by atoms with Crippen LogP contribution in [-0.4, -0.2) is 66.2 Å². The number of ether oxygens (including phenoxy) is 4. The topological polar surface area (TPSA) is 143 Å². The number of carbonyl (C=O) groups is 3. The van der Waals surface area contributed by atoms with Gasteiger partial charge in [0.25, 0.3) is 5.91 Å². The van der Waals surface area contributed by atoms with Crippen molar-refractivity contribution in [3.05, 3.63) is 83.7 Å². The Morgan fingerprint density at radius 1 is 0.860 bits per heavy atom. The van der Waals surface area contributed by atoms with E-state index < -0.39 is 5.97 Å². The molecule has 0 radical (unpaired) electrons. The smallest absolute Gasteiger partial charge is 0.338 e. The van der Waals surface area contributed by atoms with Gasteiger partial charge >= 0.3 is 5.97 Å². The summed E-state index contributed by atoms with van der Waals surface area (Å²) in [5.41, 5.74) is 2.01. The maximum atomic E-state index is 13.1. The number of hydrogen-bond donors (Lipinski definition) is 2. The first-order valence-corrected chi connectivity index (χ1v) is 14.1. The normalized spacial score (nSPS) is 10.5. The molecule has 13 heteroatoms. The van der Waals surface area contributed by atoms with Gasteiger partial charge in [0.1, 0.15) is 0 Å². The number of benzene rings is 3. The van der Waals surface area contributed by atoms with Crippen LogP contribution in [0.25, 0.3) is 5.69 Å². The summed E-state index contributed by atoms with van der Waals surface area (Å²) in [5, 5.41) is 14.7. The second-order valence-electron chi connectivity index (χ2n) is 8.80. The van der Waals surface area contributed by atoms with Crippen LogP contribution in [0.4, 0.5) is 5.69 Å². The van der Waals surface area contributed by atoms with Gasteiger partial charge in [-0.15, -0.1) is 10.2 Å². The van der Waals surface area contributed by atoms with Crippen LogP contribution in [0.5, 0.6) is 17.2 Å². The first-order chi connectivity index (χ1) is 20.9. The van der Waals surface area contributed by atoms with Crippen LogP contribution in [0, 0.1) is 0 Å². The number of amides is 2. The van der Waals surface area contributed by atoms with Crippen molar-refractivity contribution in [1.82, 2.24) is 20.1 Å². The zero-order valence-corrected chi connectivity index (χ0v) is 24.9. The Kier molecular flexibility index (Phi) is 10.6. The number of esters is 1. The molecule has 2 N–H and O–H groups in total. The molecule has 12 nitrogen and oxygen atoms in total. The molecule has 0 spiro atoms. The van der Waals surface area contributed by atoms with E-state index >= 15 is 0 Å². The van der Waals surface area contributed by atoms with Crippen LogP contribution in [-0.2, 0) is 16.1 Å². The van der Waals surface area contributed by atoms with Gasteiger partial charge in [-0.05, 0) is 55.5 Å². The van der Waals surface area contributed by atoms with Crippen molar-refractivity contribution in [1.29, 1.82) is 0 Å². The second kappa shape index (κ2) is 14.7. The van der Waals surface area contributed by atoms with Gasteiger partial charge in [-0.2, -0.15) is 0 Å². The maximum Gasteiger partial charge on any atom is 0.338 e. The Hall–Kier alpha value is -5.04. The molecule has 4 rings (SSSR count). The van der Waals surface area contributed by atoms with Crippen LogP contribution in [0.15, 0.2) is 71.9 Å². The van der Waals surface area contributed by atoms with Crippen LogP contribution in [0.1, 0.15) is 33.5 Å². The maximum absolute atomic E-state index is 13.1. The number of carbonyl (C=O) groups excluding carboxylic acids is 3. The molecule has 0 saturated carbocycles. The molecule has 1 heterocycles. The SMILES string of the molecule is CCOC(=O)c1ccc(NC(=O)CSc2nnc(CNC(=O)c3cc(OC)c(OC)c(OC)c3)n2-c2ccccc2)cc1. The number of rotatable bonds is 13. The average molecular weight is 606 g/mol. The molecule has 0 bridgehead atoms. The van der Waals surface area contributed by atoms with E-state index in [1.54, 1.807) is 47.9 Å². The number of hydrogen-bond acceptors (Lipinski definition) is 10. The van der Waals surface area contributed by atoms with Crippen LogP contribution in [0.2, 0.25) is 0 Å². The van der Waals surface area contributed by atoms with Crippen molar-refractivity contribution < 1.29 is 33.3 Å². The van der Waals surface area contributed by atoms with Crippen LogP contribution >= 0.6 is 11.8 Å². The molecule has 3 aromatic carbocycles. The first kappa shape index (κ1) is 30.9. The molecule has 0 atom stereocenters. The van der Waals surface area contributed by atoms with Gasteiger partial charge in [0.05, 0.1) is 45.8 Å². The summed E-state index contributed by atoms with van der Waals surface area (Å²) in [6.07, 6.45) is 0. The molecule has 43 heavy (non-hydrogen) atoms. The van der Waals surface area contributed by atoms with E-state index in [0.29, 0.717) is 45.0 Å². The van der Waals surface area contributed by atoms with Gasteiger partial charge in [-0.1, -0.05) is 30.0 Å². The number of aromatic nitrogens is 3. The second-order valence-corrected chi connectivity index (χ2v) is 9.74. The Bertz CT molecular complexity index is 1550. The molecule has 0 aliphatic rings. The zero-order chi connectivity index (χ0) is 30.8. The Balaban J connectivity index is 1.46. The van der Waals surface area contributed by atoms with Crippen LogP contribution < -0.4 is 24.8 Å². The van der Waals surface area contributed by atoms with Gasteiger partial charge < -0.3 is 29.6 Å². The summed E-state index contributed by atoms with van der Waals surface area (Å²) < 4.78 is 22.8. The Morgan fingerprint density at radius 2 is 1.53 bits per heavy atom. The fraction of sp³-hybridized carbons (Fsp3) is 0.233. The Labute approximate surface area is 252 Å². The lowest BCUT2D eigenvalue weighted by Gasteiger charge is -2.14. The van der Waals surface area contributed by atoms with E-state index in [2.05, 4.69) is 20.8 Å². The molecular formula is C30H31N5O7S. The molecule has 0 unspecified atom stereocenters. The third-order valence-electron chi connectivity index (χ3n) is 6.06. The minimum absolute atomic E-state index is 0.0440. The molecule has 224 valence electrons. The molecule has 0 aliphatic carbocycles. The minimum Gasteiger partial charge on any atom is -0.493 e. The quantitative estimate of drug-likeness (QED) is 0.169. The van der Waals surface area contributed by atoms with Crippen molar-refractivity contribution in [2.24, 2.45) is 0 Å². The summed E-state index contributed by atoms with van der Waals surface area (Å²) in [4.78, 5) is 37.7. The number of anilines is 1. The number of methoxy groups -OCH3 is 3. The van der Waals surface area contributed by atoms with E-state index in [1.807, 2.05) is 30.3 Å². The summed E-state index contributed by atoms with van der Waals surface area (Å²) in [6, 6.07) is 18.9. The van der Waals surface area contributed by atoms with Gasteiger partial charge in [-0.25, -0.2) is 4.79 Å². The lowest BCUT2D eigenvalue weighted by Crippen LogP contribution is -2.25. The van der Waals surface area contributed by atoms with E-state index in [4.69, 9.17) is 18.9 Å². The predicted molar refractivity (Wildman–Crippen MR) is 160 cm³/mol. The van der Waals surface area contributed by atoms with Gasteiger partial charge in [0.15, 0.2) is 22.5 Å². The molecule has 0 fully saturated rings. The lowest BCUT2D eigenvalue weighted by atomic mass is 10.1. The van der Waals surface area contributed by atoms with Gasteiger partial charge in [0, 0.05) is 16.9 Å². The highest BCUT2D eigenvalue weighted by atomic mass is 32.2. The van der Waals surface area contributed by atoms with E-state index in [9.17, 15) is 14.4 Å². The Morgan fingerprint density at radius 3 is 2.14 bits per heavy atom. The van der Waals surface area contributed by atoms with Crippen molar-refractivity contribution in [3.63, 3.8) is 0 Å². The zero-order valence-electron chi connectivity index (χ0n) is 24.1. The minimum atomic E-state index is -0.424. The summed E-state index contributed by atoms with van der Waals surface area (Å²) in [5.74, 6) is 0.513. The van der Waals surface area contributed by atoms with Crippen molar-refractivity contribution >= 4 is 35.2 Å². The molecule has 0 saturated heterocycles. The van der Waals surface area contributed by atoms with E-state index in [1.165, 1.54) is 33.1 Å². The summed E-state index contributed by atoms with van der Waals surface area (Å²) in [6.45, 7) is 2.07. The standard InChI is InChI=1S/C30H31N5O7S/c1-5-42-29(38)19-11-13-21(14-12-19)32-26(36)18-43-30-34-33-25(35(30)22-9-7-6-8-10-22)17-31-28(37)20-15-23(39-2)27(41-4)24(16-20)40-3/h6-16H,5,17-18H2,1-4H3,(H,31,37)(H,32,36). The van der Waals surface area contributed by atoms with Crippen molar-refractivity contribution in [2.75, 3.05) is 39.0 Å². The molecule has 1 aromatic heterocycles. The van der Waals surface area contributed by atoms with Gasteiger partial charge in [0.2, 0.25) is 11.7 Å². The third kappa shape index (κ3) is 7.63. The third-order valence-corrected chi connectivity index (χ3v) is 6.99. The number of thioether (sulfide) groups is 1. The molecule has 2 amide bonds. The van der Waals surface area contributed by atoms with Crippen LogP contribution in [0.3, 0.4) is 0 Å². The highest BCUT2D eigenvalue weighted by Gasteiger charge is 2.20. The lowest BCUT2D eigenvalue weighted by molar-refractivity contribution is -0.113.